The minimum Gasteiger partial charge on any atom is -0.494 e. The molecule has 5 nitrogen and oxygen atoms in total. The third-order valence-corrected chi connectivity index (χ3v) is 6.53. The smallest absolute Gasteiger partial charge is 0.407 e. The summed E-state index contributed by atoms with van der Waals surface area (Å²) in [4.78, 5) is 2.95. The number of nitrogens with zero attached hydrogens (tertiary/aromatic N) is 2. The van der Waals surface area contributed by atoms with Gasteiger partial charge in [0.25, 0.3) is 0 Å². The highest BCUT2D eigenvalue weighted by Gasteiger charge is 2.61. The molecule has 1 fully saturated rings. The number of fused-ring (bicyclic) bond motifs is 5. The van der Waals surface area contributed by atoms with E-state index in [0.29, 0.717) is 30.4 Å². The summed E-state index contributed by atoms with van der Waals surface area (Å²) in [6.07, 6.45) is -3.08. The van der Waals surface area contributed by atoms with Crippen LogP contribution in [0.1, 0.15) is 42.0 Å². The van der Waals surface area contributed by atoms with Crippen LogP contribution in [0, 0.1) is 6.57 Å². The van der Waals surface area contributed by atoms with Crippen molar-refractivity contribution < 1.29 is 28.1 Å². The summed E-state index contributed by atoms with van der Waals surface area (Å²) < 4.78 is 47.9. The van der Waals surface area contributed by atoms with Gasteiger partial charge in [0.1, 0.15) is 5.60 Å². The normalized spacial score (nSPS) is 23.8. The molecule has 164 valence electrons. The maximum Gasteiger partial charge on any atom is 0.407 e. The Bertz CT molecular complexity index is 1280. The summed E-state index contributed by atoms with van der Waals surface area (Å²) in [5, 5.41) is 22.2. The molecular weight excluding hydrogens is 421 g/mol. The molecule has 5 rings (SSSR count). The lowest BCUT2D eigenvalue weighted by Crippen LogP contribution is -2.25. The molecule has 2 aliphatic heterocycles. The van der Waals surface area contributed by atoms with Crippen molar-refractivity contribution >= 4 is 5.69 Å². The lowest BCUT2D eigenvalue weighted by Gasteiger charge is -2.26. The summed E-state index contributed by atoms with van der Waals surface area (Å²) in [5.74, 6) is -0.695. The Morgan fingerprint density at radius 1 is 1.06 bits per heavy atom. The molecule has 0 radical (unpaired) electrons. The highest BCUT2D eigenvalue weighted by molar-refractivity contribution is 5.64. The minimum atomic E-state index is -4.75. The van der Waals surface area contributed by atoms with Gasteiger partial charge in [-0.3, -0.25) is 4.57 Å². The molecule has 2 unspecified atom stereocenters. The van der Waals surface area contributed by atoms with E-state index >= 15 is 0 Å². The Kier molecular flexibility index (Phi) is 4.18. The molecule has 3 heterocycles. The average Bonchev–Trinajstić information content (AvgIpc) is 3.32. The first-order valence-electron chi connectivity index (χ1n) is 10.1. The van der Waals surface area contributed by atoms with Gasteiger partial charge in [-0.15, -0.1) is 0 Å². The first-order chi connectivity index (χ1) is 15.1. The highest BCUT2D eigenvalue weighted by atomic mass is 19.4. The van der Waals surface area contributed by atoms with Crippen LogP contribution in [-0.4, -0.2) is 14.8 Å². The third-order valence-electron chi connectivity index (χ3n) is 6.53. The van der Waals surface area contributed by atoms with Crippen molar-refractivity contribution in [1.82, 2.24) is 4.57 Å². The van der Waals surface area contributed by atoms with Crippen LogP contribution in [0.2, 0.25) is 0 Å². The van der Waals surface area contributed by atoms with Crippen molar-refractivity contribution in [3.63, 3.8) is 0 Å². The van der Waals surface area contributed by atoms with E-state index in [1.165, 1.54) is 6.07 Å². The van der Waals surface area contributed by atoms with Gasteiger partial charge in [0.2, 0.25) is 11.8 Å². The second-order valence-corrected chi connectivity index (χ2v) is 8.53. The number of hydrogen-bond donors (Lipinski definition) is 2. The molecule has 0 amide bonds. The quantitative estimate of drug-likeness (QED) is 0.496. The molecule has 2 aliphatic rings. The van der Waals surface area contributed by atoms with Gasteiger partial charge in [-0.1, -0.05) is 36.4 Å². The molecule has 2 atom stereocenters. The van der Waals surface area contributed by atoms with E-state index in [4.69, 9.17) is 11.3 Å². The van der Waals surface area contributed by atoms with E-state index in [-0.39, 0.29) is 17.4 Å². The minimum absolute atomic E-state index is 0.0769. The third kappa shape index (κ3) is 2.74. The van der Waals surface area contributed by atoms with Crippen LogP contribution in [0.15, 0.2) is 48.5 Å². The van der Waals surface area contributed by atoms with Crippen LogP contribution in [-0.2, 0) is 28.5 Å². The number of rotatable bonds is 3. The van der Waals surface area contributed by atoms with Crippen molar-refractivity contribution in [1.29, 1.82) is 0 Å². The van der Waals surface area contributed by atoms with Gasteiger partial charge in [0, 0.05) is 6.42 Å². The number of aromatic nitrogens is 1. The second kappa shape index (κ2) is 6.53. The van der Waals surface area contributed by atoms with Gasteiger partial charge in [0.05, 0.1) is 34.6 Å². The molecule has 2 N–H and O–H groups in total. The SMILES string of the molecule is [C-]#[N+]c1ccc(-n2c(O)c3c(c2O)C2(Cc4ccccc4)CCC3(C)O2)cc1C(F)(F)F. The predicted octanol–water partition coefficient (Wildman–Crippen LogP) is 5.94. The van der Waals surface area contributed by atoms with E-state index in [0.717, 1.165) is 22.3 Å². The zero-order chi connectivity index (χ0) is 22.9. The summed E-state index contributed by atoms with van der Waals surface area (Å²) in [6, 6.07) is 12.7. The summed E-state index contributed by atoms with van der Waals surface area (Å²) in [7, 11) is 0. The first-order valence-corrected chi connectivity index (χ1v) is 10.1. The molecular formula is C24H19F3N2O3. The fourth-order valence-electron chi connectivity index (χ4n) is 5.18. The van der Waals surface area contributed by atoms with Crippen molar-refractivity contribution in [2.75, 3.05) is 0 Å². The van der Waals surface area contributed by atoms with Crippen LogP contribution < -0.4 is 0 Å². The van der Waals surface area contributed by atoms with E-state index in [9.17, 15) is 23.4 Å². The van der Waals surface area contributed by atoms with Crippen LogP contribution >= 0.6 is 0 Å². The molecule has 1 aromatic heterocycles. The fraction of sp³-hybridized carbons (Fsp3) is 0.292. The number of benzene rings is 2. The van der Waals surface area contributed by atoms with E-state index in [1.807, 2.05) is 37.3 Å². The standard InChI is InChI=1S/C24H19F3N2O3/c1-22-10-11-23(32-22,13-14-6-4-3-5-7-14)19-18(22)20(30)29(21(19)31)15-8-9-17(28-2)16(12-15)24(25,26)27/h3-9,12,30-31H,10-11,13H2,1H3. The maximum absolute atomic E-state index is 13.5. The van der Waals surface area contributed by atoms with Crippen molar-refractivity contribution in [3.8, 4) is 17.4 Å². The topological polar surface area (TPSA) is 59.0 Å². The molecule has 3 aromatic rings. The van der Waals surface area contributed by atoms with Gasteiger partial charge in [-0.2, -0.15) is 13.2 Å². The fourth-order valence-corrected chi connectivity index (χ4v) is 5.18. The number of alkyl halides is 3. The molecule has 2 bridgehead atoms. The Hall–Kier alpha value is -3.44. The lowest BCUT2D eigenvalue weighted by molar-refractivity contribution is -0.136. The van der Waals surface area contributed by atoms with Crippen LogP contribution in [0.5, 0.6) is 11.8 Å². The summed E-state index contributed by atoms with van der Waals surface area (Å²) in [6.45, 7) is 8.84. The van der Waals surface area contributed by atoms with Crippen LogP contribution in [0.4, 0.5) is 18.9 Å². The van der Waals surface area contributed by atoms with Crippen molar-refractivity contribution in [2.24, 2.45) is 0 Å². The number of ether oxygens (including phenoxy) is 1. The van der Waals surface area contributed by atoms with Crippen molar-refractivity contribution in [3.05, 3.63) is 82.2 Å². The van der Waals surface area contributed by atoms with Crippen molar-refractivity contribution in [2.45, 2.75) is 43.6 Å². The number of aromatic hydroxyl groups is 2. The van der Waals surface area contributed by atoms with Gasteiger partial charge < -0.3 is 14.9 Å². The predicted molar refractivity (Wildman–Crippen MR) is 110 cm³/mol. The summed E-state index contributed by atoms with van der Waals surface area (Å²) in [5.41, 5.74) is -1.70. The van der Waals surface area contributed by atoms with Gasteiger partial charge in [0.15, 0.2) is 5.69 Å². The molecule has 8 heteroatoms. The average molecular weight is 440 g/mol. The lowest BCUT2D eigenvalue weighted by atomic mass is 9.76. The van der Waals surface area contributed by atoms with Crippen LogP contribution in [0.3, 0.4) is 0 Å². The molecule has 1 saturated heterocycles. The molecule has 0 aliphatic carbocycles. The zero-order valence-corrected chi connectivity index (χ0v) is 17.1. The molecule has 0 spiro atoms. The largest absolute Gasteiger partial charge is 0.494 e. The molecule has 32 heavy (non-hydrogen) atoms. The number of hydrogen-bond acceptors (Lipinski definition) is 3. The Balaban J connectivity index is 1.69. The van der Waals surface area contributed by atoms with Crippen LogP contribution in [0.25, 0.3) is 10.5 Å². The van der Waals surface area contributed by atoms with E-state index < -0.39 is 28.6 Å². The Labute approximate surface area is 182 Å². The first kappa shape index (κ1) is 20.5. The zero-order valence-electron chi connectivity index (χ0n) is 17.1. The summed E-state index contributed by atoms with van der Waals surface area (Å²) >= 11 is 0. The second-order valence-electron chi connectivity index (χ2n) is 8.53. The Morgan fingerprint density at radius 2 is 1.75 bits per heavy atom. The van der Waals surface area contributed by atoms with Gasteiger partial charge >= 0.3 is 6.18 Å². The highest BCUT2D eigenvalue weighted by Crippen LogP contribution is 2.65. The van der Waals surface area contributed by atoms with E-state index in [1.54, 1.807) is 0 Å². The maximum atomic E-state index is 13.5. The van der Waals surface area contributed by atoms with Gasteiger partial charge in [-0.25, -0.2) is 4.85 Å². The van der Waals surface area contributed by atoms with Gasteiger partial charge in [-0.05, 0) is 37.5 Å². The molecule has 2 aromatic carbocycles. The monoisotopic (exact) mass is 440 g/mol. The van der Waals surface area contributed by atoms with E-state index in [2.05, 4.69) is 4.85 Å². The number of halogens is 3. The Morgan fingerprint density at radius 3 is 2.41 bits per heavy atom. The molecule has 0 saturated carbocycles.